The molecule has 0 unspecified atom stereocenters. The van der Waals surface area contributed by atoms with Gasteiger partial charge in [-0.05, 0) is 24.1 Å². The molecule has 0 radical (unpaired) electrons. The lowest BCUT2D eigenvalue weighted by Crippen LogP contribution is -1.98. The predicted octanol–water partition coefficient (Wildman–Crippen LogP) is 5.58. The molecule has 1 nitrogen and oxygen atoms in total. The van der Waals surface area contributed by atoms with Crippen molar-refractivity contribution in [1.82, 2.24) is 0 Å². The van der Waals surface area contributed by atoms with Gasteiger partial charge in [0, 0.05) is 5.33 Å². The van der Waals surface area contributed by atoms with Gasteiger partial charge in [0.05, 0.1) is 11.6 Å². The molecule has 17 heavy (non-hydrogen) atoms. The Labute approximate surface area is 118 Å². The summed E-state index contributed by atoms with van der Waals surface area (Å²) in [7, 11) is 0. The standard InChI is InChI=1S/C14H20BrClO/c1-2-3-4-5-6-9-17-14-8-7-12(11-15)10-13(14)16/h7-8,10H,2-6,9,11H2,1H3. The summed E-state index contributed by atoms with van der Waals surface area (Å²) in [6.45, 7) is 2.98. The van der Waals surface area contributed by atoms with Crippen LogP contribution in [0.1, 0.15) is 44.6 Å². The van der Waals surface area contributed by atoms with Crippen LogP contribution in [0.2, 0.25) is 5.02 Å². The fourth-order valence-corrected chi connectivity index (χ4v) is 2.24. The molecule has 0 aromatic heterocycles. The molecule has 1 aromatic rings. The van der Waals surface area contributed by atoms with Crippen molar-refractivity contribution in [3.8, 4) is 5.75 Å². The van der Waals surface area contributed by atoms with Crippen LogP contribution in [0.3, 0.4) is 0 Å². The summed E-state index contributed by atoms with van der Waals surface area (Å²) in [6.07, 6.45) is 6.25. The van der Waals surface area contributed by atoms with E-state index < -0.39 is 0 Å². The Kier molecular flexibility index (Phi) is 7.70. The summed E-state index contributed by atoms with van der Waals surface area (Å²) in [4.78, 5) is 0. The van der Waals surface area contributed by atoms with Crippen LogP contribution in [0.4, 0.5) is 0 Å². The zero-order valence-corrected chi connectivity index (χ0v) is 12.7. The number of unbranched alkanes of at least 4 members (excludes halogenated alkanes) is 4. The number of benzene rings is 1. The third kappa shape index (κ3) is 5.78. The van der Waals surface area contributed by atoms with Crippen LogP contribution in [-0.2, 0) is 5.33 Å². The summed E-state index contributed by atoms with van der Waals surface area (Å²) in [6, 6.07) is 5.93. The highest BCUT2D eigenvalue weighted by Crippen LogP contribution is 2.26. The van der Waals surface area contributed by atoms with E-state index >= 15 is 0 Å². The van der Waals surface area contributed by atoms with Gasteiger partial charge in [-0.1, -0.05) is 66.2 Å². The zero-order valence-electron chi connectivity index (χ0n) is 10.3. The van der Waals surface area contributed by atoms with Crippen LogP contribution in [0.25, 0.3) is 0 Å². The SMILES string of the molecule is CCCCCCCOc1ccc(CBr)cc1Cl. The molecule has 0 spiro atoms. The van der Waals surface area contributed by atoms with Crippen LogP contribution < -0.4 is 4.74 Å². The second kappa shape index (κ2) is 8.82. The molecule has 0 aliphatic heterocycles. The number of hydrogen-bond donors (Lipinski definition) is 0. The van der Waals surface area contributed by atoms with Crippen LogP contribution in [0.5, 0.6) is 5.75 Å². The minimum absolute atomic E-state index is 0.704. The van der Waals surface area contributed by atoms with E-state index in [4.69, 9.17) is 16.3 Å². The first-order valence-electron chi connectivity index (χ1n) is 6.25. The maximum Gasteiger partial charge on any atom is 0.137 e. The van der Waals surface area contributed by atoms with Crippen LogP contribution in [0, 0.1) is 0 Å². The first-order chi connectivity index (χ1) is 8.27. The van der Waals surface area contributed by atoms with Gasteiger partial charge in [-0.15, -0.1) is 0 Å². The molecule has 0 saturated heterocycles. The molecule has 0 aliphatic carbocycles. The molecular formula is C14H20BrClO. The third-order valence-corrected chi connectivity index (χ3v) is 3.60. The Morgan fingerprint density at radius 3 is 2.59 bits per heavy atom. The molecule has 0 fully saturated rings. The second-order valence-corrected chi connectivity index (χ2v) is 5.13. The van der Waals surface area contributed by atoms with Gasteiger partial charge in [-0.3, -0.25) is 0 Å². The van der Waals surface area contributed by atoms with Crippen LogP contribution in [0.15, 0.2) is 18.2 Å². The fourth-order valence-electron chi connectivity index (χ4n) is 1.63. The van der Waals surface area contributed by atoms with Gasteiger partial charge in [-0.2, -0.15) is 0 Å². The first kappa shape index (κ1) is 14.8. The van der Waals surface area contributed by atoms with Crippen LogP contribution in [-0.4, -0.2) is 6.61 Å². The average molecular weight is 320 g/mol. The summed E-state index contributed by atoms with van der Waals surface area (Å²) in [5.41, 5.74) is 1.17. The van der Waals surface area contributed by atoms with Crippen molar-refractivity contribution >= 4 is 27.5 Å². The van der Waals surface area contributed by atoms with E-state index in [1.807, 2.05) is 18.2 Å². The van der Waals surface area contributed by atoms with Crippen molar-refractivity contribution in [2.75, 3.05) is 6.61 Å². The largest absolute Gasteiger partial charge is 0.492 e. The lowest BCUT2D eigenvalue weighted by Gasteiger charge is -2.08. The average Bonchev–Trinajstić information content (AvgIpc) is 2.35. The fraction of sp³-hybridized carbons (Fsp3) is 0.571. The first-order valence-corrected chi connectivity index (χ1v) is 7.75. The van der Waals surface area contributed by atoms with Crippen molar-refractivity contribution in [2.45, 2.75) is 44.4 Å². The molecule has 0 N–H and O–H groups in total. The number of alkyl halides is 1. The van der Waals surface area contributed by atoms with E-state index in [0.717, 1.165) is 24.1 Å². The summed E-state index contributed by atoms with van der Waals surface area (Å²) >= 11 is 9.53. The van der Waals surface area contributed by atoms with Gasteiger partial charge in [0.15, 0.2) is 0 Å². The molecule has 1 aromatic carbocycles. The number of rotatable bonds is 8. The van der Waals surface area contributed by atoms with Gasteiger partial charge in [-0.25, -0.2) is 0 Å². The van der Waals surface area contributed by atoms with E-state index in [0.29, 0.717) is 5.02 Å². The lowest BCUT2D eigenvalue weighted by atomic mass is 10.2. The molecular weight excluding hydrogens is 300 g/mol. The molecule has 0 heterocycles. The van der Waals surface area contributed by atoms with Gasteiger partial charge in [0.2, 0.25) is 0 Å². The normalized spacial score (nSPS) is 10.5. The van der Waals surface area contributed by atoms with E-state index in [-0.39, 0.29) is 0 Å². The lowest BCUT2D eigenvalue weighted by molar-refractivity contribution is 0.304. The zero-order chi connectivity index (χ0) is 12.5. The highest BCUT2D eigenvalue weighted by atomic mass is 79.9. The van der Waals surface area contributed by atoms with Crippen molar-refractivity contribution in [3.63, 3.8) is 0 Å². The molecule has 0 amide bonds. The Hall–Kier alpha value is -0.210. The van der Waals surface area contributed by atoms with Gasteiger partial charge in [0.25, 0.3) is 0 Å². The molecule has 0 bridgehead atoms. The molecule has 96 valence electrons. The van der Waals surface area contributed by atoms with Gasteiger partial charge in [0.1, 0.15) is 5.75 Å². The number of ether oxygens (including phenoxy) is 1. The summed E-state index contributed by atoms with van der Waals surface area (Å²) in [5, 5.41) is 1.53. The Bertz CT molecular complexity index is 328. The van der Waals surface area contributed by atoms with Crippen molar-refractivity contribution in [3.05, 3.63) is 28.8 Å². The highest BCUT2D eigenvalue weighted by Gasteiger charge is 2.02. The van der Waals surface area contributed by atoms with Crippen molar-refractivity contribution < 1.29 is 4.74 Å². The minimum Gasteiger partial charge on any atom is -0.492 e. The molecule has 0 atom stereocenters. The van der Waals surface area contributed by atoms with Crippen molar-refractivity contribution in [1.29, 1.82) is 0 Å². The molecule has 3 heteroatoms. The quantitative estimate of drug-likeness (QED) is 0.448. The monoisotopic (exact) mass is 318 g/mol. The van der Waals surface area contributed by atoms with E-state index in [9.17, 15) is 0 Å². The van der Waals surface area contributed by atoms with Crippen molar-refractivity contribution in [2.24, 2.45) is 0 Å². The highest BCUT2D eigenvalue weighted by molar-refractivity contribution is 9.08. The van der Waals surface area contributed by atoms with Gasteiger partial charge >= 0.3 is 0 Å². The van der Waals surface area contributed by atoms with Gasteiger partial charge < -0.3 is 4.74 Å². The molecule has 0 saturated carbocycles. The molecule has 1 rings (SSSR count). The summed E-state index contributed by atoms with van der Waals surface area (Å²) < 4.78 is 5.67. The minimum atomic E-state index is 0.704. The van der Waals surface area contributed by atoms with Crippen LogP contribution >= 0.6 is 27.5 Å². The van der Waals surface area contributed by atoms with E-state index in [1.165, 1.54) is 31.2 Å². The maximum atomic E-state index is 6.12. The Morgan fingerprint density at radius 1 is 1.18 bits per heavy atom. The maximum absolute atomic E-state index is 6.12. The second-order valence-electron chi connectivity index (χ2n) is 4.16. The predicted molar refractivity (Wildman–Crippen MR) is 78.3 cm³/mol. The van der Waals surface area contributed by atoms with E-state index in [1.54, 1.807) is 0 Å². The number of hydrogen-bond acceptors (Lipinski definition) is 1. The topological polar surface area (TPSA) is 9.23 Å². The smallest absolute Gasteiger partial charge is 0.137 e. The van der Waals surface area contributed by atoms with E-state index in [2.05, 4.69) is 22.9 Å². The summed E-state index contributed by atoms with van der Waals surface area (Å²) in [5.74, 6) is 0.798. The Balaban J connectivity index is 2.27. The molecule has 0 aliphatic rings. The number of halogens is 2. The third-order valence-electron chi connectivity index (χ3n) is 2.66. The Morgan fingerprint density at radius 2 is 1.94 bits per heavy atom.